The van der Waals surface area contributed by atoms with Crippen molar-refractivity contribution in [2.24, 2.45) is 4.99 Å². The molecular weight excluding hydrogens is 527 g/mol. The SMILES string of the molecule is CN=C(NCc1nccn1CCc1ccccc1)NC1CCN(c2ccccc2OC)C1.I. The van der Waals surface area contributed by atoms with Crippen LogP contribution in [-0.4, -0.2) is 48.8 Å². The molecule has 33 heavy (non-hydrogen) atoms. The largest absolute Gasteiger partial charge is 0.495 e. The standard InChI is InChI=1S/C25H32N6O.HI/c1-26-25(29-21-13-16-31(19-21)22-10-6-7-11-23(22)32-2)28-18-24-27-14-17-30(24)15-12-20-8-4-3-5-9-20;/h3-11,14,17,21H,12-13,15-16,18-19H2,1-2H3,(H2,26,28,29);1H. The lowest BCUT2D eigenvalue weighted by molar-refractivity contribution is 0.415. The molecule has 1 saturated heterocycles. The Bertz CT molecular complexity index is 1020. The minimum absolute atomic E-state index is 0. The number of hydrogen-bond donors (Lipinski definition) is 2. The molecular formula is C25H33IN6O. The molecule has 0 amide bonds. The van der Waals surface area contributed by atoms with Crippen molar-refractivity contribution in [3.63, 3.8) is 0 Å². The van der Waals surface area contributed by atoms with Crippen LogP contribution in [0.5, 0.6) is 5.75 Å². The summed E-state index contributed by atoms with van der Waals surface area (Å²) >= 11 is 0. The molecule has 1 unspecified atom stereocenters. The number of ether oxygens (including phenoxy) is 1. The first-order valence-electron chi connectivity index (χ1n) is 11.2. The van der Waals surface area contributed by atoms with Crippen molar-refractivity contribution in [2.45, 2.75) is 32.0 Å². The minimum atomic E-state index is 0. The molecule has 2 aromatic carbocycles. The van der Waals surface area contributed by atoms with Crippen LogP contribution in [0.3, 0.4) is 0 Å². The van der Waals surface area contributed by atoms with Gasteiger partial charge in [0.15, 0.2) is 5.96 Å². The van der Waals surface area contributed by atoms with Crippen molar-refractivity contribution in [3.05, 3.63) is 78.4 Å². The Hall–Kier alpha value is -2.75. The molecule has 1 atom stereocenters. The third-order valence-electron chi connectivity index (χ3n) is 5.88. The van der Waals surface area contributed by atoms with E-state index in [1.807, 2.05) is 31.6 Å². The normalized spacial score (nSPS) is 15.8. The number of aryl methyl sites for hydroxylation is 2. The summed E-state index contributed by atoms with van der Waals surface area (Å²) in [4.78, 5) is 11.3. The van der Waals surface area contributed by atoms with Crippen LogP contribution in [0.2, 0.25) is 0 Å². The van der Waals surface area contributed by atoms with E-state index < -0.39 is 0 Å². The predicted octanol–water partition coefficient (Wildman–Crippen LogP) is 3.70. The van der Waals surface area contributed by atoms with Gasteiger partial charge in [0.25, 0.3) is 0 Å². The van der Waals surface area contributed by atoms with Gasteiger partial charge >= 0.3 is 0 Å². The first-order chi connectivity index (χ1) is 15.8. The summed E-state index contributed by atoms with van der Waals surface area (Å²) in [5.41, 5.74) is 2.47. The molecule has 4 rings (SSSR count). The zero-order valence-corrected chi connectivity index (χ0v) is 21.6. The van der Waals surface area contributed by atoms with E-state index in [0.717, 1.165) is 55.7 Å². The van der Waals surface area contributed by atoms with Gasteiger partial charge in [0.1, 0.15) is 11.6 Å². The highest BCUT2D eigenvalue weighted by molar-refractivity contribution is 14.0. The number of benzene rings is 2. The fourth-order valence-corrected chi connectivity index (χ4v) is 4.14. The van der Waals surface area contributed by atoms with E-state index in [1.54, 1.807) is 7.11 Å². The highest BCUT2D eigenvalue weighted by Gasteiger charge is 2.25. The molecule has 1 aliphatic heterocycles. The van der Waals surface area contributed by atoms with E-state index in [-0.39, 0.29) is 24.0 Å². The number of halogens is 1. The first-order valence-corrected chi connectivity index (χ1v) is 11.2. The second-order valence-electron chi connectivity index (χ2n) is 7.95. The number of nitrogens with one attached hydrogen (secondary N) is 2. The maximum Gasteiger partial charge on any atom is 0.191 e. The van der Waals surface area contributed by atoms with Crippen LogP contribution in [0, 0.1) is 0 Å². The summed E-state index contributed by atoms with van der Waals surface area (Å²) < 4.78 is 7.73. The fraction of sp³-hybridized carbons (Fsp3) is 0.360. The lowest BCUT2D eigenvalue weighted by Crippen LogP contribution is -2.44. The van der Waals surface area contributed by atoms with E-state index in [2.05, 4.69) is 72.5 Å². The lowest BCUT2D eigenvalue weighted by Gasteiger charge is -2.22. The van der Waals surface area contributed by atoms with E-state index in [1.165, 1.54) is 5.56 Å². The van der Waals surface area contributed by atoms with Gasteiger partial charge in [0.2, 0.25) is 0 Å². The summed E-state index contributed by atoms with van der Waals surface area (Å²) in [6, 6.07) is 19.0. The van der Waals surface area contributed by atoms with Gasteiger partial charge in [-0.15, -0.1) is 24.0 Å². The number of hydrogen-bond acceptors (Lipinski definition) is 4. The minimum Gasteiger partial charge on any atom is -0.495 e. The summed E-state index contributed by atoms with van der Waals surface area (Å²) in [6.45, 7) is 3.43. The van der Waals surface area contributed by atoms with E-state index in [0.29, 0.717) is 12.6 Å². The maximum absolute atomic E-state index is 5.53. The van der Waals surface area contributed by atoms with Crippen molar-refractivity contribution in [1.29, 1.82) is 0 Å². The Morgan fingerprint density at radius 3 is 2.73 bits per heavy atom. The number of rotatable bonds is 8. The highest BCUT2D eigenvalue weighted by Crippen LogP contribution is 2.30. The second kappa shape index (κ2) is 12.5. The van der Waals surface area contributed by atoms with Crippen LogP contribution in [0.4, 0.5) is 5.69 Å². The number of nitrogens with zero attached hydrogens (tertiary/aromatic N) is 4. The van der Waals surface area contributed by atoms with Gasteiger partial charge in [-0.1, -0.05) is 42.5 Å². The van der Waals surface area contributed by atoms with E-state index in [9.17, 15) is 0 Å². The molecule has 0 spiro atoms. The number of methoxy groups -OCH3 is 1. The van der Waals surface area contributed by atoms with Gasteiger partial charge in [0, 0.05) is 45.1 Å². The molecule has 0 radical (unpaired) electrons. The average Bonchev–Trinajstić information content (AvgIpc) is 3.50. The molecule has 8 heteroatoms. The van der Waals surface area contributed by atoms with Crippen molar-refractivity contribution >= 4 is 35.6 Å². The number of guanidine groups is 1. The molecule has 1 aliphatic rings. The number of anilines is 1. The second-order valence-corrected chi connectivity index (χ2v) is 7.95. The predicted molar refractivity (Wildman–Crippen MR) is 145 cm³/mol. The van der Waals surface area contributed by atoms with E-state index >= 15 is 0 Å². The molecule has 0 saturated carbocycles. The summed E-state index contributed by atoms with van der Waals surface area (Å²) in [5, 5.41) is 6.99. The van der Waals surface area contributed by atoms with Crippen LogP contribution < -0.4 is 20.3 Å². The molecule has 0 bridgehead atoms. The fourth-order valence-electron chi connectivity index (χ4n) is 4.14. The Kier molecular flexibility index (Phi) is 9.41. The third kappa shape index (κ3) is 6.63. The number of para-hydroxylation sites is 2. The van der Waals surface area contributed by atoms with Gasteiger partial charge in [-0.25, -0.2) is 4.98 Å². The lowest BCUT2D eigenvalue weighted by atomic mass is 10.1. The zero-order valence-electron chi connectivity index (χ0n) is 19.3. The quantitative estimate of drug-likeness (QED) is 0.250. The molecule has 1 fully saturated rings. The summed E-state index contributed by atoms with van der Waals surface area (Å²) in [6.07, 6.45) is 5.93. The summed E-state index contributed by atoms with van der Waals surface area (Å²) in [5.74, 6) is 2.72. The van der Waals surface area contributed by atoms with Crippen molar-refractivity contribution in [2.75, 3.05) is 32.1 Å². The molecule has 0 aliphatic carbocycles. The van der Waals surface area contributed by atoms with Crippen LogP contribution >= 0.6 is 24.0 Å². The van der Waals surface area contributed by atoms with Gasteiger partial charge in [-0.3, -0.25) is 4.99 Å². The number of imidazole rings is 1. The molecule has 2 N–H and O–H groups in total. The third-order valence-corrected chi connectivity index (χ3v) is 5.88. The Morgan fingerprint density at radius 2 is 1.94 bits per heavy atom. The van der Waals surface area contributed by atoms with E-state index in [4.69, 9.17) is 4.74 Å². The smallest absolute Gasteiger partial charge is 0.191 e. The van der Waals surface area contributed by atoms with Crippen LogP contribution in [0.25, 0.3) is 0 Å². The molecule has 1 aromatic heterocycles. The molecule has 7 nitrogen and oxygen atoms in total. The topological polar surface area (TPSA) is 66.7 Å². The van der Waals surface area contributed by atoms with Crippen LogP contribution in [0.1, 0.15) is 17.8 Å². The summed E-state index contributed by atoms with van der Waals surface area (Å²) in [7, 11) is 3.53. The van der Waals surface area contributed by atoms with Gasteiger partial charge in [-0.2, -0.15) is 0 Å². The highest BCUT2D eigenvalue weighted by atomic mass is 127. The van der Waals surface area contributed by atoms with Crippen LogP contribution in [0.15, 0.2) is 72.0 Å². The zero-order chi connectivity index (χ0) is 22.2. The number of aliphatic imine (C=N–C) groups is 1. The monoisotopic (exact) mass is 560 g/mol. The van der Waals surface area contributed by atoms with Crippen molar-refractivity contribution < 1.29 is 4.74 Å². The van der Waals surface area contributed by atoms with Gasteiger partial charge in [-0.05, 0) is 30.5 Å². The Labute approximate surface area is 213 Å². The Morgan fingerprint density at radius 1 is 1.15 bits per heavy atom. The van der Waals surface area contributed by atoms with Crippen molar-refractivity contribution in [1.82, 2.24) is 20.2 Å². The molecule has 3 aromatic rings. The first kappa shape index (κ1) is 24.9. The molecule has 176 valence electrons. The Balaban J connectivity index is 0.00000306. The van der Waals surface area contributed by atoms with Crippen molar-refractivity contribution in [3.8, 4) is 5.75 Å². The van der Waals surface area contributed by atoms with Crippen LogP contribution in [-0.2, 0) is 19.5 Å². The molecule has 2 heterocycles. The number of aromatic nitrogens is 2. The average molecular weight is 560 g/mol. The maximum atomic E-state index is 5.53. The van der Waals surface area contributed by atoms with Gasteiger partial charge < -0.3 is 24.8 Å². The van der Waals surface area contributed by atoms with Gasteiger partial charge in [0.05, 0.1) is 19.3 Å².